The summed E-state index contributed by atoms with van der Waals surface area (Å²) in [6, 6.07) is 14.2. The minimum atomic E-state index is -5.13. The van der Waals surface area contributed by atoms with Crippen LogP contribution in [0, 0.1) is 6.92 Å². The summed E-state index contributed by atoms with van der Waals surface area (Å²) in [6.07, 6.45) is 0. The van der Waals surface area contributed by atoms with Crippen LogP contribution in [0.4, 0.5) is 22.7 Å². The Hall–Kier alpha value is -0.987. The summed E-state index contributed by atoms with van der Waals surface area (Å²) in [5, 5.41) is 29.6. The van der Waals surface area contributed by atoms with E-state index in [-0.39, 0.29) is 135 Å². The zero-order valence-corrected chi connectivity index (χ0v) is 33.0. The normalized spacial score (nSPS) is 12.5. The van der Waals surface area contributed by atoms with E-state index in [0.29, 0.717) is 5.56 Å². The van der Waals surface area contributed by atoms with E-state index in [1.165, 1.54) is 36.4 Å². The van der Waals surface area contributed by atoms with E-state index >= 15 is 0 Å². The molecule has 0 aliphatic carbocycles. The minimum Gasteiger partial charge on any atom is -0.862 e. The van der Waals surface area contributed by atoms with Crippen LogP contribution in [0.15, 0.2) is 96.6 Å². The van der Waals surface area contributed by atoms with Crippen LogP contribution < -0.4 is 113 Å². The molecule has 0 heterocycles. The number of aliphatic imine (C=N–C) groups is 1. The van der Waals surface area contributed by atoms with Crippen molar-refractivity contribution in [3.63, 3.8) is 0 Å². The summed E-state index contributed by atoms with van der Waals surface area (Å²) in [7, 11) is -14.3. The third-order valence-electron chi connectivity index (χ3n) is 5.94. The van der Waals surface area contributed by atoms with Crippen LogP contribution in [0.5, 0.6) is 0 Å². The Morgan fingerprint density at radius 1 is 0.867 bits per heavy atom. The average Bonchev–Trinajstić information content (AvgIpc) is 2.90. The van der Waals surface area contributed by atoms with Gasteiger partial charge in [0.1, 0.15) is 26.4 Å². The topological polar surface area (TPSA) is 238 Å². The predicted molar refractivity (Wildman–Crippen MR) is 153 cm³/mol. The molecule has 14 nitrogen and oxygen atoms in total. The number of rotatable bonds is 9. The molecule has 0 spiro atoms. The van der Waals surface area contributed by atoms with Gasteiger partial charge in [0.15, 0.2) is 0 Å². The molecule has 4 aromatic carbocycles. The van der Waals surface area contributed by atoms with Crippen LogP contribution in [-0.4, -0.2) is 45.4 Å². The first-order valence-corrected chi connectivity index (χ1v) is 16.3. The number of hydrogen-bond acceptors (Lipinski definition) is 12. The molecular formula is C26H22K2N4O10S3. The second-order valence-corrected chi connectivity index (χ2v) is 13.6. The van der Waals surface area contributed by atoms with Crippen LogP contribution in [0.25, 0.3) is 10.8 Å². The molecule has 0 bridgehead atoms. The van der Waals surface area contributed by atoms with Crippen LogP contribution in [0.3, 0.4) is 0 Å². The van der Waals surface area contributed by atoms with Gasteiger partial charge in [-0.05, 0) is 73.2 Å². The van der Waals surface area contributed by atoms with Gasteiger partial charge >= 0.3 is 103 Å². The van der Waals surface area contributed by atoms with E-state index in [4.69, 9.17) is 0 Å². The number of azo groups is 1. The SMILES string of the molecule is CC([O-])=Nc1cc(S(=O)(=O)[O-])cc2cc(S(=O)(=O)O)c(N=Nc3ccc(C)cc3NS(=O)(=O)c3ccccc3)c(CO)c12.[K+].[K+]. The average molecular weight is 725 g/mol. The first-order valence-electron chi connectivity index (χ1n) is 12.0. The number of aliphatic hydroxyl groups excluding tert-OH is 1. The van der Waals surface area contributed by atoms with Crippen molar-refractivity contribution in [1.82, 2.24) is 0 Å². The van der Waals surface area contributed by atoms with Crippen LogP contribution in [0.2, 0.25) is 0 Å². The Kier molecular flexibility index (Phi) is 14.2. The summed E-state index contributed by atoms with van der Waals surface area (Å²) < 4.78 is 98.3. The van der Waals surface area contributed by atoms with Crippen molar-refractivity contribution >= 4 is 69.7 Å². The second-order valence-electron chi connectivity index (χ2n) is 9.10. The molecule has 0 amide bonds. The van der Waals surface area contributed by atoms with Crippen molar-refractivity contribution in [1.29, 1.82) is 0 Å². The first-order chi connectivity index (χ1) is 20.0. The van der Waals surface area contributed by atoms with Crippen molar-refractivity contribution in [3.05, 3.63) is 77.9 Å². The number of nitrogens with one attached hydrogen (secondary N) is 1. The van der Waals surface area contributed by atoms with Gasteiger partial charge in [-0.25, -0.2) is 16.8 Å². The third-order valence-corrected chi connectivity index (χ3v) is 9.00. The standard InChI is InChI=1S/C26H24N4O10S3.2K/c1-15-8-9-21(22(10-15)30-41(33,34)18-6-4-3-5-7-18)28-29-26-20(14-31)25-17(12-24(26)43(38,39)40)11-19(42(35,36)37)13-23(25)27-16(2)32;;/h3-13,30-31H,14H2,1-2H3,(H,27,32)(H,35,36,37)(H,38,39,40);;/q;2*+1/p-2. The van der Waals surface area contributed by atoms with Gasteiger partial charge in [-0.15, -0.1) is 10.2 Å². The Morgan fingerprint density at radius 2 is 1.51 bits per heavy atom. The molecule has 0 aliphatic rings. The minimum absolute atomic E-state index is 0. The molecule has 19 heteroatoms. The number of anilines is 1. The number of fused-ring (bicyclic) bond motifs is 1. The predicted octanol–water partition coefficient (Wildman–Crippen LogP) is -2.57. The number of aliphatic hydroxyl groups is 1. The molecule has 0 radical (unpaired) electrons. The van der Waals surface area contributed by atoms with Gasteiger partial charge < -0.3 is 14.8 Å². The summed E-state index contributed by atoms with van der Waals surface area (Å²) in [6.45, 7) is 1.74. The number of aryl methyl sites for hydroxylation is 1. The third kappa shape index (κ3) is 9.78. The molecule has 4 rings (SSSR count). The van der Waals surface area contributed by atoms with Gasteiger partial charge in [-0.2, -0.15) is 8.42 Å². The van der Waals surface area contributed by atoms with Crippen molar-refractivity contribution in [2.75, 3.05) is 4.72 Å². The molecule has 45 heavy (non-hydrogen) atoms. The van der Waals surface area contributed by atoms with Crippen molar-refractivity contribution in [2.45, 2.75) is 35.1 Å². The summed E-state index contributed by atoms with van der Waals surface area (Å²) in [4.78, 5) is 1.87. The van der Waals surface area contributed by atoms with Gasteiger partial charge in [-0.1, -0.05) is 24.3 Å². The molecule has 0 fully saturated rings. The quantitative estimate of drug-likeness (QED) is 0.0536. The molecule has 0 saturated carbocycles. The number of hydrogen-bond donors (Lipinski definition) is 3. The fourth-order valence-corrected chi connectivity index (χ4v) is 6.43. The molecule has 0 aliphatic heterocycles. The molecule has 0 aromatic heterocycles. The van der Waals surface area contributed by atoms with Gasteiger partial charge in [-0.3, -0.25) is 14.3 Å². The number of benzene rings is 4. The van der Waals surface area contributed by atoms with E-state index < -0.39 is 63.9 Å². The van der Waals surface area contributed by atoms with Gasteiger partial charge in [0, 0.05) is 10.9 Å². The van der Waals surface area contributed by atoms with Crippen molar-refractivity contribution < 1.29 is 147 Å². The Balaban J connectivity index is 0.00000353. The molecule has 0 atom stereocenters. The second kappa shape index (κ2) is 15.9. The van der Waals surface area contributed by atoms with Crippen molar-refractivity contribution in [3.8, 4) is 0 Å². The largest absolute Gasteiger partial charge is 1.00 e. The fraction of sp³-hybridized carbons (Fsp3) is 0.115. The van der Waals surface area contributed by atoms with Gasteiger partial charge in [0.25, 0.3) is 20.1 Å². The Morgan fingerprint density at radius 3 is 2.07 bits per heavy atom. The maximum absolute atomic E-state index is 13.0. The summed E-state index contributed by atoms with van der Waals surface area (Å²) in [5.41, 5.74) is -0.852. The summed E-state index contributed by atoms with van der Waals surface area (Å²) in [5.74, 6) is -0.817. The summed E-state index contributed by atoms with van der Waals surface area (Å²) >= 11 is 0. The first kappa shape index (κ1) is 40.2. The molecule has 4 aromatic rings. The molecule has 0 unspecified atom stereocenters. The number of nitrogens with zero attached hydrogens (tertiary/aromatic N) is 3. The van der Waals surface area contributed by atoms with E-state index in [1.807, 2.05) is 0 Å². The van der Waals surface area contributed by atoms with E-state index in [1.54, 1.807) is 19.1 Å². The zero-order valence-electron chi connectivity index (χ0n) is 24.3. The molecule has 0 saturated heterocycles. The Labute approximate surface area is 344 Å². The zero-order chi connectivity index (χ0) is 31.7. The van der Waals surface area contributed by atoms with Crippen LogP contribution >= 0.6 is 0 Å². The monoisotopic (exact) mass is 724 g/mol. The van der Waals surface area contributed by atoms with Gasteiger partial charge in [0.05, 0.1) is 27.8 Å². The van der Waals surface area contributed by atoms with E-state index in [2.05, 4.69) is 19.9 Å². The molecule has 226 valence electrons. The van der Waals surface area contributed by atoms with Crippen LogP contribution in [-0.2, 0) is 36.9 Å². The molecular weight excluding hydrogens is 703 g/mol. The van der Waals surface area contributed by atoms with Crippen molar-refractivity contribution in [2.24, 2.45) is 15.2 Å². The van der Waals surface area contributed by atoms with E-state index in [0.717, 1.165) is 25.1 Å². The smallest absolute Gasteiger partial charge is 0.862 e. The van der Waals surface area contributed by atoms with Gasteiger partial charge in [0.2, 0.25) is 0 Å². The van der Waals surface area contributed by atoms with Crippen LogP contribution in [0.1, 0.15) is 18.1 Å². The van der Waals surface area contributed by atoms with E-state index in [9.17, 15) is 44.6 Å². The maximum atomic E-state index is 13.0. The fourth-order valence-electron chi connectivity index (χ4n) is 4.13. The Bertz CT molecular complexity index is 2140. The molecule has 3 N–H and O–H groups in total. The maximum Gasteiger partial charge on any atom is 1.00 e. The number of sulfonamides is 1.